The van der Waals surface area contributed by atoms with Crippen LogP contribution >= 0.6 is 0 Å². The van der Waals surface area contributed by atoms with Crippen LogP contribution in [0.5, 0.6) is 0 Å². The molecule has 2 unspecified atom stereocenters. The summed E-state index contributed by atoms with van der Waals surface area (Å²) in [6, 6.07) is 9.10. The molecule has 1 N–H and O–H groups in total. The Morgan fingerprint density at radius 1 is 1.17 bits per heavy atom. The molecule has 3 heterocycles. The molecule has 0 spiro atoms. The molecule has 2 atom stereocenters. The Morgan fingerprint density at radius 2 is 1.87 bits per heavy atom. The molecule has 1 saturated heterocycles. The summed E-state index contributed by atoms with van der Waals surface area (Å²) in [6.07, 6.45) is 3.46. The van der Waals surface area contributed by atoms with Crippen LogP contribution in [0.4, 0.5) is 0 Å². The summed E-state index contributed by atoms with van der Waals surface area (Å²) >= 11 is 0. The predicted octanol–water partition coefficient (Wildman–Crippen LogP) is 2.22. The lowest BCUT2D eigenvalue weighted by Crippen LogP contribution is -2.48. The average Bonchev–Trinajstić information content (AvgIpc) is 3.07. The number of amides is 2. The van der Waals surface area contributed by atoms with Gasteiger partial charge < -0.3 is 15.0 Å². The van der Waals surface area contributed by atoms with E-state index < -0.39 is 0 Å². The number of benzene rings is 1. The minimum Gasteiger partial charge on any atom is -0.372 e. The Balaban J connectivity index is 1.41. The fraction of sp³-hybridized carbons (Fsp3) is 0.364. The third-order valence-corrected chi connectivity index (χ3v) is 5.16. The number of ether oxygens (including phenoxy) is 1. The minimum absolute atomic E-state index is 0.000592. The number of carbonyl (C=O) groups is 2. The molecule has 0 radical (unpaired) electrons. The van der Waals surface area contributed by atoms with Crippen molar-refractivity contribution < 1.29 is 14.3 Å². The van der Waals surface area contributed by atoms with Crippen LogP contribution in [0.1, 0.15) is 45.8 Å². The lowest BCUT2D eigenvalue weighted by atomic mass is 10.1. The number of hydrogen-bond acceptors (Lipinski definition) is 5. The summed E-state index contributed by atoms with van der Waals surface area (Å²) in [5, 5.41) is 7.23. The monoisotopic (exact) mass is 407 g/mol. The number of nitrogens with zero attached hydrogens (tertiary/aromatic N) is 4. The molecule has 1 aliphatic heterocycles. The van der Waals surface area contributed by atoms with Gasteiger partial charge in [-0.15, -0.1) is 0 Å². The number of hydrogen-bond donors (Lipinski definition) is 1. The molecular formula is C22H25N5O3. The first-order valence-electron chi connectivity index (χ1n) is 10.0. The van der Waals surface area contributed by atoms with E-state index in [9.17, 15) is 9.59 Å². The van der Waals surface area contributed by atoms with Crippen molar-refractivity contribution in [2.45, 2.75) is 39.5 Å². The second-order valence-corrected chi connectivity index (χ2v) is 7.70. The molecule has 8 heteroatoms. The highest BCUT2D eigenvalue weighted by Gasteiger charge is 2.26. The highest BCUT2D eigenvalue weighted by Crippen LogP contribution is 2.16. The topological polar surface area (TPSA) is 88.8 Å². The summed E-state index contributed by atoms with van der Waals surface area (Å²) in [7, 11) is 0. The quantitative estimate of drug-likeness (QED) is 0.716. The molecule has 1 aromatic carbocycles. The number of carbonyl (C=O) groups excluding carboxylic acids is 2. The number of nitrogens with one attached hydrogen (secondary N) is 1. The van der Waals surface area contributed by atoms with Crippen LogP contribution in [0.2, 0.25) is 0 Å². The number of aromatic nitrogens is 3. The number of rotatable bonds is 4. The van der Waals surface area contributed by atoms with Crippen LogP contribution in [-0.4, -0.2) is 56.6 Å². The van der Waals surface area contributed by atoms with Gasteiger partial charge in [-0.05, 0) is 44.5 Å². The molecule has 0 saturated carbocycles. The van der Waals surface area contributed by atoms with Crippen molar-refractivity contribution in [1.29, 1.82) is 0 Å². The number of morpholine rings is 1. The molecular weight excluding hydrogens is 382 g/mol. The zero-order valence-corrected chi connectivity index (χ0v) is 17.3. The van der Waals surface area contributed by atoms with Crippen molar-refractivity contribution in [3.8, 4) is 0 Å². The van der Waals surface area contributed by atoms with E-state index in [1.54, 1.807) is 42.0 Å². The van der Waals surface area contributed by atoms with Crippen LogP contribution in [0, 0.1) is 6.92 Å². The molecule has 30 heavy (non-hydrogen) atoms. The van der Waals surface area contributed by atoms with Crippen molar-refractivity contribution in [3.05, 3.63) is 65.1 Å². The smallest absolute Gasteiger partial charge is 0.257 e. The zero-order valence-electron chi connectivity index (χ0n) is 17.3. The van der Waals surface area contributed by atoms with Crippen LogP contribution in [0.15, 0.2) is 42.7 Å². The minimum atomic E-state index is -0.224. The Labute approximate surface area is 174 Å². The van der Waals surface area contributed by atoms with Crippen molar-refractivity contribution in [3.63, 3.8) is 0 Å². The van der Waals surface area contributed by atoms with Gasteiger partial charge in [-0.25, -0.2) is 9.50 Å². The van der Waals surface area contributed by atoms with Crippen LogP contribution in [0.3, 0.4) is 0 Å². The van der Waals surface area contributed by atoms with Crippen molar-refractivity contribution in [2.24, 2.45) is 0 Å². The van der Waals surface area contributed by atoms with Crippen LogP contribution in [0.25, 0.3) is 5.65 Å². The maximum Gasteiger partial charge on any atom is 0.257 e. The predicted molar refractivity (Wildman–Crippen MR) is 111 cm³/mol. The standard InChI is InChI=1S/C22H25N5O3/c1-14-12-26(13-15(2)30-14)22(29)18-7-5-17(6-8-18)11-24-21(28)19-16(3)25-27-10-4-9-23-20(19)27/h4-10,14-15H,11-13H2,1-3H3,(H,24,28). The Morgan fingerprint density at radius 3 is 2.57 bits per heavy atom. The van der Waals surface area contributed by atoms with Gasteiger partial charge in [-0.1, -0.05) is 12.1 Å². The molecule has 1 aliphatic rings. The number of aryl methyl sites for hydroxylation is 1. The summed E-state index contributed by atoms with van der Waals surface area (Å²) in [5.41, 5.74) is 3.17. The molecule has 0 aliphatic carbocycles. The Bertz CT molecular complexity index is 1070. The van der Waals surface area contributed by atoms with Gasteiger partial charge in [0.2, 0.25) is 0 Å². The summed E-state index contributed by atoms with van der Waals surface area (Å²) in [6.45, 7) is 7.27. The van der Waals surface area contributed by atoms with Gasteiger partial charge in [0.05, 0.1) is 17.9 Å². The van der Waals surface area contributed by atoms with Crippen molar-refractivity contribution in [1.82, 2.24) is 24.8 Å². The van der Waals surface area contributed by atoms with E-state index in [4.69, 9.17) is 4.74 Å². The summed E-state index contributed by atoms with van der Waals surface area (Å²) in [5.74, 6) is -0.224. The molecule has 2 amide bonds. The van der Waals surface area contributed by atoms with E-state index in [0.29, 0.717) is 42.1 Å². The second-order valence-electron chi connectivity index (χ2n) is 7.70. The average molecular weight is 407 g/mol. The highest BCUT2D eigenvalue weighted by molar-refractivity contribution is 6.01. The normalized spacial score (nSPS) is 19.1. The molecule has 2 aromatic heterocycles. The first kappa shape index (κ1) is 20.0. The maximum atomic E-state index is 12.8. The zero-order chi connectivity index (χ0) is 21.3. The van der Waals surface area contributed by atoms with E-state index in [1.807, 2.05) is 30.9 Å². The third kappa shape index (κ3) is 4.04. The molecule has 0 bridgehead atoms. The second kappa shape index (κ2) is 8.23. The van der Waals surface area contributed by atoms with E-state index in [1.165, 1.54) is 0 Å². The van der Waals surface area contributed by atoms with Crippen LogP contribution in [-0.2, 0) is 11.3 Å². The van der Waals surface area contributed by atoms with Crippen molar-refractivity contribution in [2.75, 3.05) is 13.1 Å². The lowest BCUT2D eigenvalue weighted by Gasteiger charge is -2.35. The highest BCUT2D eigenvalue weighted by atomic mass is 16.5. The third-order valence-electron chi connectivity index (χ3n) is 5.16. The lowest BCUT2D eigenvalue weighted by molar-refractivity contribution is -0.0586. The van der Waals surface area contributed by atoms with Gasteiger partial charge in [-0.2, -0.15) is 5.10 Å². The molecule has 1 fully saturated rings. The summed E-state index contributed by atoms with van der Waals surface area (Å²) in [4.78, 5) is 31.5. The Kier molecular flexibility index (Phi) is 5.50. The maximum absolute atomic E-state index is 12.8. The van der Waals surface area contributed by atoms with Gasteiger partial charge >= 0.3 is 0 Å². The van der Waals surface area contributed by atoms with Crippen LogP contribution < -0.4 is 5.32 Å². The summed E-state index contributed by atoms with van der Waals surface area (Å²) < 4.78 is 7.29. The fourth-order valence-electron chi connectivity index (χ4n) is 3.82. The van der Waals surface area contributed by atoms with E-state index in [0.717, 1.165) is 5.56 Å². The first-order valence-corrected chi connectivity index (χ1v) is 10.0. The van der Waals surface area contributed by atoms with Gasteiger partial charge in [0.15, 0.2) is 5.65 Å². The van der Waals surface area contributed by atoms with E-state index in [-0.39, 0.29) is 24.0 Å². The first-order chi connectivity index (χ1) is 14.4. The fourth-order valence-corrected chi connectivity index (χ4v) is 3.82. The van der Waals surface area contributed by atoms with E-state index >= 15 is 0 Å². The van der Waals surface area contributed by atoms with Gasteiger partial charge in [0.25, 0.3) is 11.8 Å². The Hall–Kier alpha value is -3.26. The molecule has 8 nitrogen and oxygen atoms in total. The van der Waals surface area contributed by atoms with Gasteiger partial charge in [0, 0.05) is 37.6 Å². The van der Waals surface area contributed by atoms with Crippen molar-refractivity contribution >= 4 is 17.5 Å². The van der Waals surface area contributed by atoms with Gasteiger partial charge in [-0.3, -0.25) is 9.59 Å². The molecule has 3 aromatic rings. The molecule has 156 valence electrons. The van der Waals surface area contributed by atoms with Gasteiger partial charge in [0.1, 0.15) is 5.56 Å². The molecule has 4 rings (SSSR count). The van der Waals surface area contributed by atoms with E-state index in [2.05, 4.69) is 15.4 Å². The number of fused-ring (bicyclic) bond motifs is 1. The SMILES string of the molecule is Cc1nn2cccnc2c1C(=O)NCc1ccc(C(=O)N2CC(C)OC(C)C2)cc1. The largest absolute Gasteiger partial charge is 0.372 e.